The van der Waals surface area contributed by atoms with Crippen molar-refractivity contribution in [1.29, 1.82) is 0 Å². The van der Waals surface area contributed by atoms with Crippen molar-refractivity contribution in [1.82, 2.24) is 4.98 Å². The van der Waals surface area contributed by atoms with Crippen LogP contribution in [0.4, 0.5) is 0 Å². The van der Waals surface area contributed by atoms with Gasteiger partial charge < -0.3 is 14.6 Å². The Morgan fingerprint density at radius 1 is 1.26 bits per heavy atom. The Kier molecular flexibility index (Phi) is 6.35. The third-order valence-corrected chi connectivity index (χ3v) is 2.44. The predicted octanol–water partition coefficient (Wildman–Crippen LogP) is 1.89. The SMILES string of the molecule is COC(=O)c1ccc(OCCCCCC(=O)O)nc1. The minimum atomic E-state index is -0.777. The van der Waals surface area contributed by atoms with E-state index in [9.17, 15) is 9.59 Å². The van der Waals surface area contributed by atoms with Crippen molar-refractivity contribution in [2.24, 2.45) is 0 Å². The Bertz CT molecular complexity index is 416. The van der Waals surface area contributed by atoms with E-state index in [1.54, 1.807) is 12.1 Å². The standard InChI is InChI=1S/C13H17NO5/c1-18-13(17)10-6-7-11(14-9-10)19-8-4-2-3-5-12(15)16/h6-7,9H,2-5,8H2,1H3,(H,15,16). The number of carboxylic acids is 1. The number of aliphatic carboxylic acids is 1. The lowest BCUT2D eigenvalue weighted by Gasteiger charge is -2.05. The van der Waals surface area contributed by atoms with Crippen LogP contribution in [0.15, 0.2) is 18.3 Å². The van der Waals surface area contributed by atoms with Gasteiger partial charge in [0.25, 0.3) is 0 Å². The molecule has 104 valence electrons. The molecule has 1 heterocycles. The summed E-state index contributed by atoms with van der Waals surface area (Å²) in [5.41, 5.74) is 0.372. The third kappa shape index (κ3) is 5.85. The lowest BCUT2D eigenvalue weighted by Crippen LogP contribution is -2.03. The second-order valence-corrected chi connectivity index (χ2v) is 3.93. The molecule has 0 radical (unpaired) electrons. The van der Waals surface area contributed by atoms with Crippen LogP contribution in [-0.2, 0) is 9.53 Å². The molecule has 0 aliphatic heterocycles. The molecular weight excluding hydrogens is 250 g/mol. The smallest absolute Gasteiger partial charge is 0.339 e. The van der Waals surface area contributed by atoms with Crippen LogP contribution in [0.5, 0.6) is 5.88 Å². The molecule has 1 aromatic heterocycles. The van der Waals surface area contributed by atoms with Gasteiger partial charge in [0.1, 0.15) is 0 Å². The quantitative estimate of drug-likeness (QED) is 0.572. The minimum absolute atomic E-state index is 0.187. The van der Waals surface area contributed by atoms with Crippen molar-refractivity contribution in [3.8, 4) is 5.88 Å². The molecule has 0 aromatic carbocycles. The maximum absolute atomic E-state index is 11.2. The van der Waals surface area contributed by atoms with E-state index in [2.05, 4.69) is 9.72 Å². The molecule has 1 aromatic rings. The number of methoxy groups -OCH3 is 1. The fraction of sp³-hybridized carbons (Fsp3) is 0.462. The van der Waals surface area contributed by atoms with Gasteiger partial charge in [0.2, 0.25) is 5.88 Å². The maximum Gasteiger partial charge on any atom is 0.339 e. The van der Waals surface area contributed by atoms with Crippen LogP contribution < -0.4 is 4.74 Å². The fourth-order valence-corrected chi connectivity index (χ4v) is 1.44. The molecule has 0 amide bonds. The molecule has 0 aliphatic rings. The van der Waals surface area contributed by atoms with Gasteiger partial charge in [-0.25, -0.2) is 9.78 Å². The van der Waals surface area contributed by atoms with Gasteiger partial charge in [0.05, 0.1) is 19.3 Å². The van der Waals surface area contributed by atoms with Gasteiger partial charge in [-0.2, -0.15) is 0 Å². The van der Waals surface area contributed by atoms with E-state index >= 15 is 0 Å². The van der Waals surface area contributed by atoms with Gasteiger partial charge >= 0.3 is 11.9 Å². The number of rotatable bonds is 8. The molecule has 0 bridgehead atoms. The molecule has 0 spiro atoms. The molecule has 0 atom stereocenters. The lowest BCUT2D eigenvalue weighted by molar-refractivity contribution is -0.137. The highest BCUT2D eigenvalue weighted by Crippen LogP contribution is 2.09. The van der Waals surface area contributed by atoms with E-state index < -0.39 is 11.9 Å². The molecule has 19 heavy (non-hydrogen) atoms. The number of carbonyl (C=O) groups is 2. The Morgan fingerprint density at radius 3 is 2.63 bits per heavy atom. The van der Waals surface area contributed by atoms with Crippen LogP contribution in [0.3, 0.4) is 0 Å². The molecule has 6 heteroatoms. The fourth-order valence-electron chi connectivity index (χ4n) is 1.44. The summed E-state index contributed by atoms with van der Waals surface area (Å²) in [5.74, 6) is -0.778. The first-order chi connectivity index (χ1) is 9.13. The number of hydrogen-bond acceptors (Lipinski definition) is 5. The van der Waals surface area contributed by atoms with Crippen LogP contribution >= 0.6 is 0 Å². The first kappa shape index (κ1) is 14.9. The first-order valence-corrected chi connectivity index (χ1v) is 6.02. The number of pyridine rings is 1. The van der Waals surface area contributed by atoms with Crippen LogP contribution in [-0.4, -0.2) is 35.7 Å². The van der Waals surface area contributed by atoms with Crippen LogP contribution in [0.1, 0.15) is 36.0 Å². The van der Waals surface area contributed by atoms with E-state index in [4.69, 9.17) is 9.84 Å². The lowest BCUT2D eigenvalue weighted by atomic mass is 10.2. The predicted molar refractivity (Wildman–Crippen MR) is 67.2 cm³/mol. The summed E-state index contributed by atoms with van der Waals surface area (Å²) in [6.07, 6.45) is 3.80. The average molecular weight is 267 g/mol. The van der Waals surface area contributed by atoms with Crippen LogP contribution in [0.25, 0.3) is 0 Å². The number of esters is 1. The van der Waals surface area contributed by atoms with Crippen LogP contribution in [0, 0.1) is 0 Å². The maximum atomic E-state index is 11.2. The number of carboxylic acid groups (broad SMARTS) is 1. The Hall–Kier alpha value is -2.11. The summed E-state index contributed by atoms with van der Waals surface area (Å²) in [6.45, 7) is 0.476. The zero-order valence-corrected chi connectivity index (χ0v) is 10.8. The normalized spacial score (nSPS) is 9.95. The molecule has 0 unspecified atom stereocenters. The average Bonchev–Trinajstić information content (AvgIpc) is 2.42. The van der Waals surface area contributed by atoms with Gasteiger partial charge in [-0.3, -0.25) is 4.79 Å². The van der Waals surface area contributed by atoms with Crippen LogP contribution in [0.2, 0.25) is 0 Å². The van der Waals surface area contributed by atoms with E-state index in [1.807, 2.05) is 0 Å². The highest BCUT2D eigenvalue weighted by Gasteiger charge is 2.05. The summed E-state index contributed by atoms with van der Waals surface area (Å²) >= 11 is 0. The number of hydrogen-bond donors (Lipinski definition) is 1. The zero-order chi connectivity index (χ0) is 14.1. The number of unbranched alkanes of at least 4 members (excludes halogenated alkanes) is 2. The largest absolute Gasteiger partial charge is 0.481 e. The number of ether oxygens (including phenoxy) is 2. The van der Waals surface area contributed by atoms with Crippen molar-refractivity contribution in [3.05, 3.63) is 23.9 Å². The van der Waals surface area contributed by atoms with Gasteiger partial charge in [0.15, 0.2) is 0 Å². The molecule has 6 nitrogen and oxygen atoms in total. The Morgan fingerprint density at radius 2 is 2.05 bits per heavy atom. The van der Waals surface area contributed by atoms with Crippen molar-refractivity contribution in [3.63, 3.8) is 0 Å². The van der Waals surface area contributed by atoms with Gasteiger partial charge in [-0.1, -0.05) is 0 Å². The van der Waals surface area contributed by atoms with Crippen molar-refractivity contribution < 1.29 is 24.2 Å². The molecule has 0 saturated heterocycles. The van der Waals surface area contributed by atoms with E-state index in [0.717, 1.165) is 12.8 Å². The zero-order valence-electron chi connectivity index (χ0n) is 10.8. The summed E-state index contributed by atoms with van der Waals surface area (Å²) in [4.78, 5) is 25.4. The van der Waals surface area contributed by atoms with E-state index in [0.29, 0.717) is 24.5 Å². The monoisotopic (exact) mass is 267 g/mol. The second kappa shape index (κ2) is 8.07. The van der Waals surface area contributed by atoms with Crippen molar-refractivity contribution in [2.75, 3.05) is 13.7 Å². The molecule has 1 rings (SSSR count). The number of nitrogens with zero attached hydrogens (tertiary/aromatic N) is 1. The summed E-state index contributed by atoms with van der Waals surface area (Å²) < 4.78 is 9.92. The van der Waals surface area contributed by atoms with Gasteiger partial charge in [-0.15, -0.1) is 0 Å². The van der Waals surface area contributed by atoms with Crippen molar-refractivity contribution in [2.45, 2.75) is 25.7 Å². The van der Waals surface area contributed by atoms with E-state index in [1.165, 1.54) is 13.3 Å². The Balaban J connectivity index is 2.23. The second-order valence-electron chi connectivity index (χ2n) is 3.93. The number of carbonyl (C=O) groups excluding carboxylic acids is 1. The molecular formula is C13H17NO5. The molecule has 0 saturated carbocycles. The topological polar surface area (TPSA) is 85.7 Å². The summed E-state index contributed by atoms with van der Waals surface area (Å²) in [7, 11) is 1.31. The molecule has 0 aliphatic carbocycles. The Labute approximate surface area is 111 Å². The first-order valence-electron chi connectivity index (χ1n) is 6.02. The third-order valence-electron chi connectivity index (χ3n) is 2.44. The van der Waals surface area contributed by atoms with Gasteiger partial charge in [-0.05, 0) is 25.3 Å². The minimum Gasteiger partial charge on any atom is -0.481 e. The number of aromatic nitrogens is 1. The highest BCUT2D eigenvalue weighted by atomic mass is 16.5. The van der Waals surface area contributed by atoms with Gasteiger partial charge in [0, 0.05) is 18.7 Å². The molecule has 1 N–H and O–H groups in total. The van der Waals surface area contributed by atoms with Crippen molar-refractivity contribution >= 4 is 11.9 Å². The molecule has 0 fully saturated rings. The summed E-state index contributed by atoms with van der Waals surface area (Å²) in [6, 6.07) is 3.18. The van der Waals surface area contributed by atoms with E-state index in [-0.39, 0.29) is 6.42 Å². The highest BCUT2D eigenvalue weighted by molar-refractivity contribution is 5.88. The summed E-state index contributed by atoms with van der Waals surface area (Å²) in [5, 5.41) is 8.46.